The molecule has 1 aliphatic heterocycles. The van der Waals surface area contributed by atoms with Crippen LogP contribution in [0.3, 0.4) is 0 Å². The fourth-order valence-corrected chi connectivity index (χ4v) is 1.87. The van der Waals surface area contributed by atoms with E-state index in [2.05, 4.69) is 4.98 Å². The lowest BCUT2D eigenvalue weighted by molar-refractivity contribution is 0.00578. The highest BCUT2D eigenvalue weighted by Gasteiger charge is 2.51. The van der Waals surface area contributed by atoms with Gasteiger partial charge in [0.05, 0.1) is 11.2 Å². The Bertz CT molecular complexity index is 466. The van der Waals surface area contributed by atoms with Crippen LogP contribution in [0.25, 0.3) is 0 Å². The van der Waals surface area contributed by atoms with Gasteiger partial charge in [-0.1, -0.05) is 13.0 Å². The van der Waals surface area contributed by atoms with E-state index >= 15 is 0 Å². The monoisotopic (exact) mass is 261 g/mol. The summed E-state index contributed by atoms with van der Waals surface area (Å²) in [5, 5.41) is 0. The van der Waals surface area contributed by atoms with Crippen LogP contribution in [0.15, 0.2) is 18.3 Å². The van der Waals surface area contributed by atoms with Crippen molar-refractivity contribution in [3.05, 3.63) is 24.0 Å². The molecule has 5 heteroatoms. The lowest BCUT2D eigenvalue weighted by atomic mass is 9.80. The molecule has 102 valence electrons. The van der Waals surface area contributed by atoms with E-state index in [4.69, 9.17) is 9.31 Å². The first-order chi connectivity index (χ1) is 8.77. The standard InChI is InChI=1S/C14H20BNO3/c1-6-12(17)11-8-7-10(9-16-11)15-18-13(2,3)14(4,5)19-15/h7-9H,6H2,1-5H3. The minimum atomic E-state index is -0.428. The zero-order chi connectivity index (χ0) is 14.3. The SMILES string of the molecule is CCC(=O)c1ccc(B2OC(C)(C)C(C)(C)O2)cn1. The third-order valence-electron chi connectivity index (χ3n) is 3.92. The predicted octanol–water partition coefficient (Wildman–Crippen LogP) is 1.97. The molecule has 1 aliphatic rings. The van der Waals surface area contributed by atoms with Crippen molar-refractivity contribution in [1.29, 1.82) is 0 Å². The van der Waals surface area contributed by atoms with Gasteiger partial charge in [-0.25, -0.2) is 0 Å². The highest BCUT2D eigenvalue weighted by atomic mass is 16.7. The number of hydrogen-bond donors (Lipinski definition) is 0. The molecule has 0 N–H and O–H groups in total. The average molecular weight is 261 g/mol. The summed E-state index contributed by atoms with van der Waals surface area (Å²) in [6.07, 6.45) is 2.12. The van der Waals surface area contributed by atoms with Crippen molar-refractivity contribution in [3.63, 3.8) is 0 Å². The van der Waals surface area contributed by atoms with Crippen LogP contribution in [-0.4, -0.2) is 29.1 Å². The van der Waals surface area contributed by atoms with Crippen LogP contribution in [0.4, 0.5) is 0 Å². The number of hydrogen-bond acceptors (Lipinski definition) is 4. The second-order valence-corrected chi connectivity index (χ2v) is 5.84. The van der Waals surface area contributed by atoms with Gasteiger partial charge >= 0.3 is 7.12 Å². The third kappa shape index (κ3) is 2.58. The summed E-state index contributed by atoms with van der Waals surface area (Å²) < 4.78 is 11.9. The Morgan fingerprint density at radius 2 is 1.79 bits per heavy atom. The maximum absolute atomic E-state index is 11.5. The molecule has 0 atom stereocenters. The smallest absolute Gasteiger partial charge is 0.399 e. The molecule has 0 saturated carbocycles. The molecular weight excluding hydrogens is 241 g/mol. The van der Waals surface area contributed by atoms with Crippen LogP contribution in [0.5, 0.6) is 0 Å². The first kappa shape index (κ1) is 14.2. The largest absolute Gasteiger partial charge is 0.496 e. The van der Waals surface area contributed by atoms with Crippen molar-refractivity contribution in [2.75, 3.05) is 0 Å². The van der Waals surface area contributed by atoms with Crippen LogP contribution in [0.2, 0.25) is 0 Å². The molecule has 0 aromatic carbocycles. The molecule has 0 radical (unpaired) electrons. The van der Waals surface area contributed by atoms with Gasteiger partial charge in [0.15, 0.2) is 5.78 Å². The Hall–Kier alpha value is -1.20. The van der Waals surface area contributed by atoms with E-state index in [1.165, 1.54) is 0 Å². The van der Waals surface area contributed by atoms with E-state index in [0.717, 1.165) is 5.46 Å². The highest BCUT2D eigenvalue weighted by Crippen LogP contribution is 2.36. The minimum absolute atomic E-state index is 0.0421. The summed E-state index contributed by atoms with van der Waals surface area (Å²) in [5.74, 6) is 0.0421. The zero-order valence-electron chi connectivity index (χ0n) is 12.2. The maximum Gasteiger partial charge on any atom is 0.496 e. The molecule has 0 unspecified atom stereocenters. The van der Waals surface area contributed by atoms with Gasteiger partial charge in [-0.05, 0) is 33.8 Å². The molecule has 0 aliphatic carbocycles. The van der Waals surface area contributed by atoms with Gasteiger partial charge in [-0.15, -0.1) is 0 Å². The van der Waals surface area contributed by atoms with Gasteiger partial charge in [0.25, 0.3) is 0 Å². The van der Waals surface area contributed by atoms with E-state index in [1.807, 2.05) is 40.7 Å². The molecule has 2 heterocycles. The molecule has 19 heavy (non-hydrogen) atoms. The van der Waals surface area contributed by atoms with E-state index in [-0.39, 0.29) is 17.0 Å². The molecule has 0 bridgehead atoms. The summed E-state index contributed by atoms with van der Waals surface area (Å²) in [5.41, 5.74) is 0.597. The van der Waals surface area contributed by atoms with Gasteiger partial charge in [0.2, 0.25) is 0 Å². The van der Waals surface area contributed by atoms with E-state index < -0.39 is 7.12 Å². The van der Waals surface area contributed by atoms with Crippen LogP contribution in [-0.2, 0) is 9.31 Å². The number of ketones is 1. The predicted molar refractivity (Wildman–Crippen MR) is 74.6 cm³/mol. The lowest BCUT2D eigenvalue weighted by Gasteiger charge is -2.32. The topological polar surface area (TPSA) is 48.4 Å². The second kappa shape index (κ2) is 4.73. The van der Waals surface area contributed by atoms with Gasteiger partial charge in [-0.3, -0.25) is 9.78 Å². The van der Waals surface area contributed by atoms with Crippen molar-refractivity contribution in [2.24, 2.45) is 0 Å². The van der Waals surface area contributed by atoms with Gasteiger partial charge in [-0.2, -0.15) is 0 Å². The molecule has 1 saturated heterocycles. The van der Waals surface area contributed by atoms with Crippen molar-refractivity contribution in [1.82, 2.24) is 4.98 Å². The molecule has 2 rings (SSSR count). The highest BCUT2D eigenvalue weighted by molar-refractivity contribution is 6.62. The Kier molecular flexibility index (Phi) is 3.54. The molecule has 1 aromatic heterocycles. The van der Waals surface area contributed by atoms with E-state index in [9.17, 15) is 4.79 Å². The van der Waals surface area contributed by atoms with Crippen LogP contribution < -0.4 is 5.46 Å². The fourth-order valence-electron chi connectivity index (χ4n) is 1.87. The summed E-state index contributed by atoms with van der Waals surface area (Å²) in [7, 11) is -0.428. The second-order valence-electron chi connectivity index (χ2n) is 5.84. The summed E-state index contributed by atoms with van der Waals surface area (Å²) in [4.78, 5) is 15.7. The molecule has 1 fully saturated rings. The quantitative estimate of drug-likeness (QED) is 0.616. The first-order valence-corrected chi connectivity index (χ1v) is 6.61. The summed E-state index contributed by atoms with van der Waals surface area (Å²) >= 11 is 0. The Balaban J connectivity index is 2.19. The number of Topliss-reactive ketones (excluding diaryl/α,β-unsaturated/α-hetero) is 1. The van der Waals surface area contributed by atoms with Crippen LogP contribution in [0, 0.1) is 0 Å². The number of pyridine rings is 1. The van der Waals surface area contributed by atoms with Gasteiger partial charge in [0.1, 0.15) is 5.69 Å². The molecular formula is C14H20BNO3. The normalized spacial score (nSPS) is 20.6. The number of aromatic nitrogens is 1. The summed E-state index contributed by atoms with van der Waals surface area (Å²) in [6.45, 7) is 9.86. The Labute approximate surface area is 114 Å². The maximum atomic E-state index is 11.5. The molecule has 1 aromatic rings. The fraction of sp³-hybridized carbons (Fsp3) is 0.571. The lowest BCUT2D eigenvalue weighted by Crippen LogP contribution is -2.41. The Morgan fingerprint density at radius 3 is 2.21 bits per heavy atom. The van der Waals surface area contributed by atoms with E-state index in [1.54, 1.807) is 12.3 Å². The number of carbonyl (C=O) groups excluding carboxylic acids is 1. The number of nitrogens with zero attached hydrogens (tertiary/aromatic N) is 1. The molecule has 0 amide bonds. The van der Waals surface area contributed by atoms with Crippen molar-refractivity contribution >= 4 is 18.4 Å². The van der Waals surface area contributed by atoms with Crippen LogP contribution >= 0.6 is 0 Å². The average Bonchev–Trinajstić information content (AvgIpc) is 2.58. The number of carbonyl (C=O) groups is 1. The minimum Gasteiger partial charge on any atom is -0.399 e. The third-order valence-corrected chi connectivity index (χ3v) is 3.92. The molecule has 0 spiro atoms. The van der Waals surface area contributed by atoms with Crippen molar-refractivity contribution < 1.29 is 14.1 Å². The van der Waals surface area contributed by atoms with Crippen molar-refractivity contribution in [3.8, 4) is 0 Å². The first-order valence-electron chi connectivity index (χ1n) is 6.61. The van der Waals surface area contributed by atoms with Crippen LogP contribution in [0.1, 0.15) is 51.5 Å². The van der Waals surface area contributed by atoms with Gasteiger partial charge in [0, 0.05) is 18.1 Å². The number of rotatable bonds is 3. The Morgan fingerprint density at radius 1 is 1.21 bits per heavy atom. The van der Waals surface area contributed by atoms with E-state index in [0.29, 0.717) is 12.1 Å². The van der Waals surface area contributed by atoms with Crippen molar-refractivity contribution in [2.45, 2.75) is 52.2 Å². The van der Waals surface area contributed by atoms with Gasteiger partial charge < -0.3 is 9.31 Å². The zero-order valence-corrected chi connectivity index (χ0v) is 12.2. The summed E-state index contributed by atoms with van der Waals surface area (Å²) in [6, 6.07) is 3.57. The molecule has 4 nitrogen and oxygen atoms in total.